The fourth-order valence-electron chi connectivity index (χ4n) is 4.73. The third-order valence-electron chi connectivity index (χ3n) is 6.78. The van der Waals surface area contributed by atoms with E-state index in [-0.39, 0.29) is 56.3 Å². The average molecular weight is 663 g/mol. The Morgan fingerprint density at radius 1 is 0.957 bits per heavy atom. The van der Waals surface area contributed by atoms with Crippen LogP contribution in [0.15, 0.2) is 36.4 Å². The minimum Gasteiger partial charge on any atom is -0.493 e. The first kappa shape index (κ1) is 22.5. The molecular weight excluding hydrogens is 616 g/mol. The third-order valence-corrected chi connectivity index (χ3v) is 7.16. The van der Waals surface area contributed by atoms with Crippen LogP contribution in [-0.4, -0.2) is 68.9 Å². The van der Waals surface area contributed by atoms with Crippen LogP contribution in [-0.2, 0) is 9.59 Å². The number of amides is 4. The molecule has 46 heavy (non-hydrogen) atoms. The number of carbonyl (C=O) groups excluding carboxylic acids is 4. The topological polar surface area (TPSA) is 145 Å². The molecule has 1 heterocycles. The van der Waals surface area contributed by atoms with E-state index < -0.39 is 67.7 Å². The number of rotatable bonds is 11. The molecule has 4 amide bonds. The number of carbonyl (C=O) groups is 4. The van der Waals surface area contributed by atoms with Crippen LogP contribution >= 0.6 is 11.6 Å². The fraction of sp³-hybridized carbons (Fsp3) is 0.333. The maximum absolute atomic E-state index is 13.8. The number of methoxy groups -OCH3 is 3. The van der Waals surface area contributed by atoms with Crippen molar-refractivity contribution in [3.63, 3.8) is 0 Å². The number of fused-ring (bicyclic) bond motifs is 1. The van der Waals surface area contributed by atoms with E-state index in [2.05, 4.69) is 16.0 Å². The molecule has 0 saturated heterocycles. The van der Waals surface area contributed by atoms with Crippen LogP contribution in [0.3, 0.4) is 0 Å². The highest BCUT2D eigenvalue weighted by Crippen LogP contribution is 2.45. The lowest BCUT2D eigenvalue weighted by molar-refractivity contribution is -0.133. The van der Waals surface area contributed by atoms with Gasteiger partial charge in [-0.05, 0) is 69.0 Å². The molecule has 0 radical (unpaired) electrons. The molecule has 0 aromatic heterocycles. The summed E-state index contributed by atoms with van der Waals surface area (Å²) in [6, 6.07) is 6.94. The molecule has 0 saturated carbocycles. The zero-order chi connectivity index (χ0) is 42.3. The number of hydrogen-bond donors (Lipinski definition) is 3. The van der Waals surface area contributed by atoms with Crippen LogP contribution in [0.1, 0.15) is 65.7 Å². The van der Waals surface area contributed by atoms with Gasteiger partial charge in [-0.2, -0.15) is 0 Å². The molecule has 0 fully saturated rings. The Morgan fingerprint density at radius 3 is 2.24 bits per heavy atom. The van der Waals surface area contributed by atoms with E-state index in [1.807, 2.05) is 19.9 Å². The van der Waals surface area contributed by atoms with Crippen molar-refractivity contribution in [2.45, 2.75) is 40.0 Å². The molecule has 0 spiro atoms. The smallest absolute Gasteiger partial charge is 0.257 e. The Morgan fingerprint density at radius 2 is 1.63 bits per heavy atom. The number of aryl methyl sites for hydroxylation is 2. The van der Waals surface area contributed by atoms with E-state index in [1.54, 1.807) is 12.1 Å². The Balaban J connectivity index is 1.79. The van der Waals surface area contributed by atoms with Gasteiger partial charge in [0.2, 0.25) is 17.6 Å². The molecule has 12 nitrogen and oxygen atoms in total. The summed E-state index contributed by atoms with van der Waals surface area (Å²) in [5, 5.41) is 7.17. The highest BCUT2D eigenvalue weighted by atomic mass is 35.5. The van der Waals surface area contributed by atoms with Crippen LogP contribution in [0.4, 0.5) is 11.4 Å². The Hall–Kier alpha value is -4.97. The largest absolute Gasteiger partial charge is 0.493 e. The zero-order valence-corrected chi connectivity index (χ0v) is 26.1. The molecule has 0 aliphatic carbocycles. The van der Waals surface area contributed by atoms with Crippen molar-refractivity contribution in [3.8, 4) is 28.7 Å². The number of hydrogen-bond acceptors (Lipinski definition) is 8. The van der Waals surface area contributed by atoms with Gasteiger partial charge in [0.05, 0.1) is 55.3 Å². The Labute approximate surface area is 286 Å². The molecule has 3 N–H and O–H groups in total. The van der Waals surface area contributed by atoms with Gasteiger partial charge in [-0.15, -0.1) is 0 Å². The lowest BCUT2D eigenvalue weighted by Crippen LogP contribution is -2.45. The normalized spacial score (nSPS) is 18.3. The summed E-state index contributed by atoms with van der Waals surface area (Å²) in [4.78, 5) is 54.0. The highest BCUT2D eigenvalue weighted by molar-refractivity contribution is 6.36. The standard InChI is InChI=1S/C33H37ClN4O8/c1-8-38(9-2)27(39)16-24-33(42)35-22-15-23(36-32(41)21-14-26(43-5)29(44-6)30(45-7)28(21)34)25(13-20(22)31(40)37-24)46-19-11-17(3)10-18(4)12-19/h10-15,24H,8-9,16H2,1-7H3,(H,35,42)(H,36,41)(H,37,40)/t24-/m0/s1/i1D3,2D3,8D2,9D2. The number of anilines is 2. The summed E-state index contributed by atoms with van der Waals surface area (Å²) in [6.07, 6.45) is -1.27. The number of ether oxygens (including phenoxy) is 4. The van der Waals surface area contributed by atoms with Gasteiger partial charge in [0, 0.05) is 26.7 Å². The lowest BCUT2D eigenvalue weighted by atomic mass is 10.1. The molecule has 1 aliphatic heterocycles. The van der Waals surface area contributed by atoms with E-state index in [9.17, 15) is 19.2 Å². The van der Waals surface area contributed by atoms with Gasteiger partial charge in [-0.1, -0.05) is 17.7 Å². The highest BCUT2D eigenvalue weighted by Gasteiger charge is 2.32. The van der Waals surface area contributed by atoms with Crippen LogP contribution in [0.5, 0.6) is 28.7 Å². The molecule has 3 aromatic carbocycles. The van der Waals surface area contributed by atoms with Gasteiger partial charge in [0.15, 0.2) is 17.2 Å². The number of nitrogens with zero attached hydrogens (tertiary/aromatic N) is 1. The van der Waals surface area contributed by atoms with Crippen molar-refractivity contribution in [1.82, 2.24) is 10.2 Å². The summed E-state index contributed by atoms with van der Waals surface area (Å²) in [6.45, 7) is -11.6. The first-order chi connectivity index (χ1) is 25.8. The van der Waals surface area contributed by atoms with E-state index in [0.717, 1.165) is 11.1 Å². The van der Waals surface area contributed by atoms with Crippen molar-refractivity contribution in [3.05, 3.63) is 63.7 Å². The number of halogens is 1. The zero-order valence-electron chi connectivity index (χ0n) is 35.3. The third kappa shape index (κ3) is 7.12. The predicted molar refractivity (Wildman–Crippen MR) is 174 cm³/mol. The summed E-state index contributed by atoms with van der Waals surface area (Å²) >= 11 is 6.55. The fourth-order valence-corrected chi connectivity index (χ4v) is 5.04. The molecule has 4 rings (SSSR count). The maximum Gasteiger partial charge on any atom is 0.257 e. The lowest BCUT2D eigenvalue weighted by Gasteiger charge is -2.21. The van der Waals surface area contributed by atoms with E-state index in [0.29, 0.717) is 0 Å². The molecule has 0 bridgehead atoms. The Kier molecular flexibility index (Phi) is 7.06. The molecule has 1 aliphatic rings. The number of nitrogens with one attached hydrogen (secondary N) is 3. The minimum atomic E-state index is -3.88. The quantitative estimate of drug-likeness (QED) is 0.250. The second-order valence-corrected chi connectivity index (χ2v) is 10.3. The molecule has 3 aromatic rings. The first-order valence-electron chi connectivity index (χ1n) is 18.5. The summed E-state index contributed by atoms with van der Waals surface area (Å²) in [5.41, 5.74) is 0.872. The van der Waals surface area contributed by atoms with Gasteiger partial charge < -0.3 is 39.8 Å². The van der Waals surface area contributed by atoms with E-state index >= 15 is 0 Å². The van der Waals surface area contributed by atoms with Crippen LogP contribution in [0, 0.1) is 13.8 Å². The molecule has 13 heteroatoms. The van der Waals surface area contributed by atoms with Gasteiger partial charge in [-0.3, -0.25) is 19.2 Å². The van der Waals surface area contributed by atoms with E-state index in [1.165, 1.54) is 39.5 Å². The summed E-state index contributed by atoms with van der Waals surface area (Å²) in [5.74, 6) is -4.38. The van der Waals surface area contributed by atoms with Crippen molar-refractivity contribution in [1.29, 1.82) is 0 Å². The van der Waals surface area contributed by atoms with Gasteiger partial charge in [0.1, 0.15) is 11.8 Å². The van der Waals surface area contributed by atoms with Gasteiger partial charge >= 0.3 is 0 Å². The maximum atomic E-state index is 13.8. The second-order valence-electron chi connectivity index (χ2n) is 9.95. The van der Waals surface area contributed by atoms with Gasteiger partial charge in [0.25, 0.3) is 11.8 Å². The minimum absolute atomic E-state index is 0.0192. The molecule has 1 atom stereocenters. The molecule has 0 unspecified atom stereocenters. The molecule has 244 valence electrons. The van der Waals surface area contributed by atoms with Gasteiger partial charge in [-0.25, -0.2) is 0 Å². The summed E-state index contributed by atoms with van der Waals surface area (Å²) < 4.78 is 99.9. The second kappa shape index (κ2) is 14.4. The van der Waals surface area contributed by atoms with E-state index in [4.69, 9.17) is 44.3 Å². The van der Waals surface area contributed by atoms with Crippen LogP contribution in [0.25, 0.3) is 0 Å². The number of benzene rings is 3. The van der Waals surface area contributed by atoms with Crippen molar-refractivity contribution in [2.75, 3.05) is 45.0 Å². The molecular formula is C33H37ClN4O8. The Bertz CT molecular complexity index is 2030. The van der Waals surface area contributed by atoms with Crippen LogP contribution < -0.4 is 34.9 Å². The summed E-state index contributed by atoms with van der Waals surface area (Å²) in [7, 11) is 3.97. The average Bonchev–Trinajstić information content (AvgIpc) is 3.17. The predicted octanol–water partition coefficient (Wildman–Crippen LogP) is 5.34. The van der Waals surface area contributed by atoms with Crippen LogP contribution in [0.2, 0.25) is 5.02 Å². The SMILES string of the molecule is [2H]C([2H])([2H])C([2H])([2H])N(C(=O)C[C@@H]1NC(=O)c2cc(Oc3cc(C)cc(C)c3)c(NC(=O)c3cc(OC)c(OC)c(OC)c3Cl)cc2NC1=O)C([2H])([2H])C([2H])([2H])[2H]. The van der Waals surface area contributed by atoms with Crippen molar-refractivity contribution in [2.24, 2.45) is 0 Å². The first-order valence-corrected chi connectivity index (χ1v) is 13.9. The monoisotopic (exact) mass is 662 g/mol. The van der Waals surface area contributed by atoms with Crippen molar-refractivity contribution >= 4 is 46.6 Å². The van der Waals surface area contributed by atoms with Crippen molar-refractivity contribution < 1.29 is 51.8 Å².